The van der Waals surface area contributed by atoms with Crippen LogP contribution in [0.25, 0.3) is 0 Å². The van der Waals surface area contributed by atoms with Crippen LogP contribution in [0.4, 0.5) is 0 Å². The van der Waals surface area contributed by atoms with Crippen molar-refractivity contribution in [1.29, 1.82) is 0 Å². The Balaban J connectivity index is 2.34. The first-order valence-electron chi connectivity index (χ1n) is 5.37. The van der Waals surface area contributed by atoms with E-state index in [-0.39, 0.29) is 5.56 Å². The fourth-order valence-corrected chi connectivity index (χ4v) is 4.43. The van der Waals surface area contributed by atoms with E-state index < -0.39 is 5.97 Å². The number of carbonyl (C=O) groups is 1. The maximum Gasteiger partial charge on any atom is 0.339 e. The van der Waals surface area contributed by atoms with Crippen LogP contribution in [-0.2, 0) is 0 Å². The molecule has 1 N–H and O–H groups in total. The molecule has 0 amide bonds. The summed E-state index contributed by atoms with van der Waals surface area (Å²) in [6.45, 7) is 3.48. The lowest BCUT2D eigenvalue weighted by Gasteiger charge is -2.20. The summed E-state index contributed by atoms with van der Waals surface area (Å²) in [6, 6.07) is 0. The normalized spacial score (nSPS) is 20.2. The average Bonchev–Trinajstić information content (AvgIpc) is 2.28. The topological polar surface area (TPSA) is 63.1 Å². The summed E-state index contributed by atoms with van der Waals surface area (Å²) in [5, 5.41) is 9.36. The minimum atomic E-state index is -0.947. The molecule has 4 nitrogen and oxygen atoms in total. The van der Waals surface area contributed by atoms with Crippen molar-refractivity contribution in [3.8, 4) is 0 Å². The van der Waals surface area contributed by atoms with Crippen molar-refractivity contribution in [2.75, 3.05) is 17.3 Å². The predicted molar refractivity (Wildman–Crippen MR) is 71.0 cm³/mol. The van der Waals surface area contributed by atoms with Gasteiger partial charge in [-0.2, -0.15) is 11.8 Å². The van der Waals surface area contributed by atoms with Crippen molar-refractivity contribution in [2.24, 2.45) is 0 Å². The molecule has 0 spiro atoms. The van der Waals surface area contributed by atoms with Gasteiger partial charge in [0.05, 0.1) is 16.6 Å². The molecule has 0 aromatic carbocycles. The summed E-state index contributed by atoms with van der Waals surface area (Å²) < 4.78 is 0. The summed E-state index contributed by atoms with van der Waals surface area (Å²) >= 11 is 3.76. The molecule has 1 saturated heterocycles. The number of carboxylic acids is 1. The van der Waals surface area contributed by atoms with Crippen LogP contribution in [0.1, 0.15) is 32.8 Å². The summed E-state index contributed by atoms with van der Waals surface area (Å²) in [6.07, 6.45) is 0. The highest BCUT2D eigenvalue weighted by Crippen LogP contribution is 2.35. The molecule has 1 fully saturated rings. The molecule has 0 bridgehead atoms. The standard InChI is InChI=1S/C11H14N2O2S2/c1-6-9(11(14)15)7(2)13-10(12-6)8-5-16-3-4-17-8/h8H,3-5H2,1-2H3,(H,14,15). The molecule has 0 saturated carbocycles. The zero-order chi connectivity index (χ0) is 12.4. The van der Waals surface area contributed by atoms with E-state index in [4.69, 9.17) is 5.11 Å². The molecule has 0 radical (unpaired) electrons. The number of hydrogen-bond acceptors (Lipinski definition) is 5. The highest BCUT2D eigenvalue weighted by Gasteiger charge is 2.22. The Hall–Kier alpha value is -0.750. The molecule has 1 aromatic rings. The van der Waals surface area contributed by atoms with Crippen LogP contribution in [0.2, 0.25) is 0 Å². The van der Waals surface area contributed by atoms with Gasteiger partial charge in [0.15, 0.2) is 0 Å². The predicted octanol–water partition coefficient (Wildman–Crippen LogP) is 2.31. The SMILES string of the molecule is Cc1nc(C2CSCCS2)nc(C)c1C(=O)O. The van der Waals surface area contributed by atoms with Gasteiger partial charge >= 0.3 is 5.97 Å². The molecule has 1 aromatic heterocycles. The molecule has 92 valence electrons. The first kappa shape index (κ1) is 12.7. The largest absolute Gasteiger partial charge is 0.478 e. The van der Waals surface area contributed by atoms with E-state index in [0.29, 0.717) is 16.6 Å². The van der Waals surface area contributed by atoms with E-state index in [1.165, 1.54) is 5.75 Å². The van der Waals surface area contributed by atoms with Gasteiger partial charge in [0.2, 0.25) is 0 Å². The average molecular weight is 270 g/mol. The van der Waals surface area contributed by atoms with Crippen LogP contribution >= 0.6 is 23.5 Å². The van der Waals surface area contributed by atoms with E-state index >= 15 is 0 Å². The van der Waals surface area contributed by atoms with Crippen molar-refractivity contribution in [2.45, 2.75) is 19.1 Å². The van der Waals surface area contributed by atoms with Crippen LogP contribution in [0.3, 0.4) is 0 Å². The third kappa shape index (κ3) is 2.74. The van der Waals surface area contributed by atoms with Gasteiger partial charge in [-0.25, -0.2) is 14.8 Å². The van der Waals surface area contributed by atoms with Crippen molar-refractivity contribution in [1.82, 2.24) is 9.97 Å². The molecular formula is C11H14N2O2S2. The molecule has 1 atom stereocenters. The van der Waals surface area contributed by atoms with Gasteiger partial charge < -0.3 is 5.11 Å². The van der Waals surface area contributed by atoms with Crippen molar-refractivity contribution >= 4 is 29.5 Å². The van der Waals surface area contributed by atoms with E-state index in [1.807, 2.05) is 23.5 Å². The van der Waals surface area contributed by atoms with Gasteiger partial charge in [-0.3, -0.25) is 0 Å². The van der Waals surface area contributed by atoms with E-state index in [1.54, 1.807) is 13.8 Å². The van der Waals surface area contributed by atoms with Crippen LogP contribution in [0.15, 0.2) is 0 Å². The molecule has 1 aliphatic rings. The first-order chi connectivity index (χ1) is 8.09. The molecule has 2 rings (SSSR count). The van der Waals surface area contributed by atoms with Crippen LogP contribution in [0, 0.1) is 13.8 Å². The summed E-state index contributed by atoms with van der Waals surface area (Å²) in [4.78, 5) is 19.7. The number of aryl methyl sites for hydroxylation is 2. The van der Waals surface area contributed by atoms with E-state index in [2.05, 4.69) is 9.97 Å². The van der Waals surface area contributed by atoms with Gasteiger partial charge in [0, 0.05) is 17.3 Å². The Morgan fingerprint density at radius 3 is 2.41 bits per heavy atom. The Bertz CT molecular complexity index is 422. The maximum atomic E-state index is 11.0. The minimum Gasteiger partial charge on any atom is -0.478 e. The molecule has 1 aliphatic heterocycles. The number of carboxylic acid groups (broad SMARTS) is 1. The van der Waals surface area contributed by atoms with Crippen molar-refractivity contribution in [3.63, 3.8) is 0 Å². The minimum absolute atomic E-state index is 0.238. The molecule has 1 unspecified atom stereocenters. The lowest BCUT2D eigenvalue weighted by Crippen LogP contribution is -2.15. The third-order valence-corrected chi connectivity index (χ3v) is 5.36. The van der Waals surface area contributed by atoms with E-state index in [9.17, 15) is 4.79 Å². The fraction of sp³-hybridized carbons (Fsp3) is 0.545. The Morgan fingerprint density at radius 1 is 1.29 bits per heavy atom. The summed E-state index contributed by atoms with van der Waals surface area (Å²) in [5.41, 5.74) is 1.37. The van der Waals surface area contributed by atoms with Gasteiger partial charge in [0.25, 0.3) is 0 Å². The maximum absolute atomic E-state index is 11.0. The lowest BCUT2D eigenvalue weighted by atomic mass is 10.1. The van der Waals surface area contributed by atoms with Crippen LogP contribution in [0.5, 0.6) is 0 Å². The van der Waals surface area contributed by atoms with Gasteiger partial charge in [0.1, 0.15) is 11.4 Å². The lowest BCUT2D eigenvalue weighted by molar-refractivity contribution is 0.0694. The Kier molecular flexibility index (Phi) is 3.93. The zero-order valence-corrected chi connectivity index (χ0v) is 11.4. The Labute approximate surface area is 109 Å². The second-order valence-corrected chi connectivity index (χ2v) is 6.33. The molecular weight excluding hydrogens is 256 g/mol. The number of thioether (sulfide) groups is 2. The first-order valence-corrected chi connectivity index (χ1v) is 7.57. The van der Waals surface area contributed by atoms with Crippen LogP contribution in [-0.4, -0.2) is 38.3 Å². The molecule has 0 aliphatic carbocycles. The number of nitrogens with zero attached hydrogens (tertiary/aromatic N) is 2. The van der Waals surface area contributed by atoms with E-state index in [0.717, 1.165) is 17.3 Å². The number of hydrogen-bond donors (Lipinski definition) is 1. The fourth-order valence-electron chi connectivity index (χ4n) is 1.83. The van der Waals surface area contributed by atoms with Gasteiger partial charge in [-0.1, -0.05) is 0 Å². The third-order valence-electron chi connectivity index (χ3n) is 2.61. The quantitative estimate of drug-likeness (QED) is 0.889. The van der Waals surface area contributed by atoms with Gasteiger partial charge in [-0.15, -0.1) is 11.8 Å². The molecule has 2 heterocycles. The van der Waals surface area contributed by atoms with Crippen LogP contribution < -0.4 is 0 Å². The zero-order valence-electron chi connectivity index (χ0n) is 9.77. The highest BCUT2D eigenvalue weighted by molar-refractivity contribution is 8.06. The Morgan fingerprint density at radius 2 is 1.94 bits per heavy atom. The molecule has 6 heteroatoms. The number of aromatic nitrogens is 2. The highest BCUT2D eigenvalue weighted by atomic mass is 32.2. The number of rotatable bonds is 2. The van der Waals surface area contributed by atoms with Gasteiger partial charge in [-0.05, 0) is 13.8 Å². The van der Waals surface area contributed by atoms with Crippen molar-refractivity contribution in [3.05, 3.63) is 22.8 Å². The second kappa shape index (κ2) is 5.27. The van der Waals surface area contributed by atoms with Crippen molar-refractivity contribution < 1.29 is 9.90 Å². The number of aromatic carboxylic acids is 1. The molecule has 17 heavy (non-hydrogen) atoms. The monoisotopic (exact) mass is 270 g/mol. The summed E-state index contributed by atoms with van der Waals surface area (Å²) in [7, 11) is 0. The summed E-state index contributed by atoms with van der Waals surface area (Å²) in [5.74, 6) is 3.12. The smallest absolute Gasteiger partial charge is 0.339 e. The second-order valence-electron chi connectivity index (χ2n) is 3.87.